The Morgan fingerprint density at radius 1 is 1.50 bits per heavy atom. The molecule has 106 valence electrons. The van der Waals surface area contributed by atoms with Gasteiger partial charge >= 0.3 is 6.09 Å². The zero-order valence-corrected chi connectivity index (χ0v) is 12.0. The fraction of sp³-hybridized carbons (Fsp3) is 0.923. The summed E-state index contributed by atoms with van der Waals surface area (Å²) in [5, 5.41) is 9.21. The van der Waals surface area contributed by atoms with Crippen molar-refractivity contribution in [1.82, 2.24) is 4.90 Å². The van der Waals surface area contributed by atoms with Crippen molar-refractivity contribution in [2.45, 2.75) is 58.3 Å². The summed E-state index contributed by atoms with van der Waals surface area (Å²) in [5.41, 5.74) is -0.846. The first-order valence-corrected chi connectivity index (χ1v) is 6.39. The Hall–Kier alpha value is -0.810. The topological polar surface area (TPSA) is 59.0 Å². The van der Waals surface area contributed by atoms with Gasteiger partial charge in [-0.3, -0.25) is 0 Å². The Bertz CT molecular complexity index is 296. The van der Waals surface area contributed by atoms with Gasteiger partial charge in [0.1, 0.15) is 5.60 Å². The largest absolute Gasteiger partial charge is 0.444 e. The van der Waals surface area contributed by atoms with Crippen molar-refractivity contribution in [3.63, 3.8) is 0 Å². The molecule has 0 aromatic rings. The highest BCUT2D eigenvalue weighted by Gasteiger charge is 2.37. The van der Waals surface area contributed by atoms with Crippen molar-refractivity contribution in [2.24, 2.45) is 0 Å². The minimum atomic E-state index is -0.519. The molecule has 0 aliphatic carbocycles. The summed E-state index contributed by atoms with van der Waals surface area (Å²) < 4.78 is 10.9. The van der Waals surface area contributed by atoms with Crippen LogP contribution in [0.25, 0.3) is 0 Å². The van der Waals surface area contributed by atoms with E-state index in [-0.39, 0.29) is 24.3 Å². The number of ether oxygens (including phenoxy) is 2. The molecular formula is C13H25NO4. The molecule has 0 radical (unpaired) electrons. The van der Waals surface area contributed by atoms with Crippen LogP contribution in [0.5, 0.6) is 0 Å². The molecule has 5 heteroatoms. The average Bonchev–Trinajstić information content (AvgIpc) is 2.33. The monoisotopic (exact) mass is 259 g/mol. The van der Waals surface area contributed by atoms with Gasteiger partial charge in [-0.1, -0.05) is 0 Å². The van der Waals surface area contributed by atoms with Gasteiger partial charge in [0.2, 0.25) is 0 Å². The van der Waals surface area contributed by atoms with Crippen LogP contribution in [0.3, 0.4) is 0 Å². The quantitative estimate of drug-likeness (QED) is 0.780. The molecule has 0 bridgehead atoms. The summed E-state index contributed by atoms with van der Waals surface area (Å²) in [6, 6.07) is 0. The molecule has 0 spiro atoms. The van der Waals surface area contributed by atoms with Crippen LogP contribution in [0.2, 0.25) is 0 Å². The molecule has 5 nitrogen and oxygen atoms in total. The molecule has 1 rings (SSSR count). The first-order chi connectivity index (χ1) is 8.15. The van der Waals surface area contributed by atoms with Crippen molar-refractivity contribution in [1.29, 1.82) is 0 Å². The number of aliphatic hydroxyl groups excluding tert-OH is 1. The lowest BCUT2D eigenvalue weighted by atomic mass is 9.99. The summed E-state index contributed by atoms with van der Waals surface area (Å²) in [7, 11) is 0. The van der Waals surface area contributed by atoms with Gasteiger partial charge in [-0.15, -0.1) is 0 Å². The normalized spacial score (nSPS) is 24.6. The Kier molecular flexibility index (Phi) is 4.61. The first-order valence-electron chi connectivity index (χ1n) is 6.39. The molecule has 1 aliphatic heterocycles. The number of hydrogen-bond donors (Lipinski definition) is 1. The van der Waals surface area contributed by atoms with Gasteiger partial charge in [-0.25, -0.2) is 4.79 Å². The zero-order valence-electron chi connectivity index (χ0n) is 12.0. The van der Waals surface area contributed by atoms with Crippen LogP contribution in [-0.4, -0.2) is 53.1 Å². The number of carbonyl (C=O) groups is 1. The second-order valence-corrected chi connectivity index (χ2v) is 6.33. The van der Waals surface area contributed by atoms with Gasteiger partial charge in [0.15, 0.2) is 0 Å². The lowest BCUT2D eigenvalue weighted by Gasteiger charge is -2.38. The highest BCUT2D eigenvalue weighted by Crippen LogP contribution is 2.25. The van der Waals surface area contributed by atoms with Crippen LogP contribution in [-0.2, 0) is 9.47 Å². The molecular weight excluding hydrogens is 234 g/mol. The molecule has 1 heterocycles. The van der Waals surface area contributed by atoms with E-state index in [1.165, 1.54) is 0 Å². The summed E-state index contributed by atoms with van der Waals surface area (Å²) >= 11 is 0. The number of rotatable bonds is 1. The van der Waals surface area contributed by atoms with Crippen molar-refractivity contribution in [3.05, 3.63) is 0 Å². The van der Waals surface area contributed by atoms with Crippen molar-refractivity contribution < 1.29 is 19.4 Å². The number of nitrogens with zero attached hydrogens (tertiary/aromatic N) is 1. The molecule has 1 amide bonds. The van der Waals surface area contributed by atoms with Crippen LogP contribution in [0.4, 0.5) is 4.79 Å². The fourth-order valence-corrected chi connectivity index (χ4v) is 1.86. The third kappa shape index (κ3) is 4.14. The predicted molar refractivity (Wildman–Crippen MR) is 68.5 cm³/mol. The molecule has 0 aromatic carbocycles. The van der Waals surface area contributed by atoms with Crippen molar-refractivity contribution >= 4 is 6.09 Å². The number of aliphatic hydroxyl groups is 1. The zero-order chi connectivity index (χ0) is 14.0. The van der Waals surface area contributed by atoms with Crippen LogP contribution < -0.4 is 0 Å². The van der Waals surface area contributed by atoms with E-state index in [4.69, 9.17) is 9.47 Å². The first kappa shape index (κ1) is 15.2. The fourth-order valence-electron chi connectivity index (χ4n) is 1.86. The molecule has 0 unspecified atom stereocenters. The lowest BCUT2D eigenvalue weighted by Crippen LogP contribution is -2.51. The Morgan fingerprint density at radius 2 is 2.11 bits per heavy atom. The van der Waals surface area contributed by atoms with E-state index in [0.717, 1.165) is 6.42 Å². The van der Waals surface area contributed by atoms with Gasteiger partial charge in [-0.05, 0) is 41.0 Å². The standard InChI is InChI=1S/C13H25NO4/c1-12(2,3)18-11(16)14-8-10(9-15)17-7-6-13(14,4)5/h10,15H,6-9H2,1-5H3/t10-/m0/s1. The molecule has 1 fully saturated rings. The van der Waals surface area contributed by atoms with E-state index in [1.807, 2.05) is 34.6 Å². The second-order valence-electron chi connectivity index (χ2n) is 6.33. The molecule has 1 atom stereocenters. The van der Waals surface area contributed by atoms with Gasteiger partial charge < -0.3 is 19.5 Å². The molecule has 1 saturated heterocycles. The average molecular weight is 259 g/mol. The summed E-state index contributed by atoms with van der Waals surface area (Å²) in [5.74, 6) is 0. The van der Waals surface area contributed by atoms with E-state index in [9.17, 15) is 9.90 Å². The van der Waals surface area contributed by atoms with E-state index < -0.39 is 5.60 Å². The predicted octanol–water partition coefficient (Wildman–Crippen LogP) is 1.78. The second kappa shape index (κ2) is 5.45. The lowest BCUT2D eigenvalue weighted by molar-refractivity contribution is -0.0114. The van der Waals surface area contributed by atoms with Crippen LogP contribution in [0, 0.1) is 0 Å². The van der Waals surface area contributed by atoms with E-state index in [0.29, 0.717) is 13.2 Å². The smallest absolute Gasteiger partial charge is 0.410 e. The Balaban J connectivity index is 2.82. The number of carbonyl (C=O) groups excluding carboxylic acids is 1. The third-order valence-corrected chi connectivity index (χ3v) is 3.00. The maximum Gasteiger partial charge on any atom is 0.410 e. The van der Waals surface area contributed by atoms with Crippen LogP contribution >= 0.6 is 0 Å². The van der Waals surface area contributed by atoms with Gasteiger partial charge in [0.25, 0.3) is 0 Å². The van der Waals surface area contributed by atoms with Crippen LogP contribution in [0.15, 0.2) is 0 Å². The molecule has 1 aliphatic rings. The minimum absolute atomic E-state index is 0.0879. The minimum Gasteiger partial charge on any atom is -0.444 e. The summed E-state index contributed by atoms with van der Waals surface area (Å²) in [6.45, 7) is 10.3. The highest BCUT2D eigenvalue weighted by molar-refractivity contribution is 5.69. The van der Waals surface area contributed by atoms with Crippen molar-refractivity contribution in [3.8, 4) is 0 Å². The van der Waals surface area contributed by atoms with E-state index in [1.54, 1.807) is 4.90 Å². The SMILES string of the molecule is CC(C)(C)OC(=O)N1C[C@@H](CO)OCCC1(C)C. The molecule has 0 aromatic heterocycles. The Labute approximate surface area is 109 Å². The van der Waals surface area contributed by atoms with Crippen LogP contribution in [0.1, 0.15) is 41.0 Å². The maximum atomic E-state index is 12.2. The molecule has 1 N–H and O–H groups in total. The number of hydrogen-bond acceptors (Lipinski definition) is 4. The summed E-state index contributed by atoms with van der Waals surface area (Å²) in [6.07, 6.45) is 0.0404. The molecule has 0 saturated carbocycles. The molecule has 18 heavy (non-hydrogen) atoms. The van der Waals surface area contributed by atoms with Gasteiger partial charge in [-0.2, -0.15) is 0 Å². The van der Waals surface area contributed by atoms with E-state index >= 15 is 0 Å². The van der Waals surface area contributed by atoms with E-state index in [2.05, 4.69) is 0 Å². The maximum absolute atomic E-state index is 12.2. The van der Waals surface area contributed by atoms with Gasteiger partial charge in [0, 0.05) is 12.1 Å². The third-order valence-electron chi connectivity index (χ3n) is 3.00. The summed E-state index contributed by atoms with van der Waals surface area (Å²) in [4.78, 5) is 13.9. The highest BCUT2D eigenvalue weighted by atomic mass is 16.6. The van der Waals surface area contributed by atoms with Gasteiger partial charge in [0.05, 0.1) is 19.3 Å². The Morgan fingerprint density at radius 3 is 2.61 bits per heavy atom. The number of amides is 1. The van der Waals surface area contributed by atoms with Crippen molar-refractivity contribution in [2.75, 3.05) is 19.8 Å².